The molecule has 1 aliphatic heterocycles. The second kappa shape index (κ2) is 15.4. The molecule has 40 heavy (non-hydrogen) atoms. The first-order chi connectivity index (χ1) is 19.5. The van der Waals surface area contributed by atoms with Crippen molar-refractivity contribution in [3.63, 3.8) is 0 Å². The summed E-state index contributed by atoms with van der Waals surface area (Å²) in [5.74, 6) is -0.627. The van der Waals surface area contributed by atoms with E-state index in [1.807, 2.05) is 91.0 Å². The quantitative estimate of drug-likeness (QED) is 0.297. The Bertz CT molecular complexity index is 1170. The van der Waals surface area contributed by atoms with E-state index >= 15 is 0 Å². The monoisotopic (exact) mass is 548 g/mol. The van der Waals surface area contributed by atoms with E-state index < -0.39 is 36.7 Å². The Labute approximate surface area is 234 Å². The fourth-order valence-corrected chi connectivity index (χ4v) is 4.42. The molecule has 212 valence electrons. The number of aliphatic hydroxyl groups is 1. The summed E-state index contributed by atoms with van der Waals surface area (Å²) in [7, 11) is 0. The largest absolute Gasteiger partial charge is 0.463 e. The zero-order valence-electron chi connectivity index (χ0n) is 22.6. The number of ketones is 1. The van der Waals surface area contributed by atoms with Crippen LogP contribution in [0.1, 0.15) is 36.5 Å². The Balaban J connectivity index is 1.55. The van der Waals surface area contributed by atoms with E-state index in [0.717, 1.165) is 16.7 Å². The predicted molar refractivity (Wildman–Crippen MR) is 147 cm³/mol. The lowest BCUT2D eigenvalue weighted by Gasteiger charge is -2.44. The van der Waals surface area contributed by atoms with Gasteiger partial charge in [-0.05, 0) is 23.6 Å². The fraction of sp³-hybridized carbons (Fsp3) is 0.375. The summed E-state index contributed by atoms with van der Waals surface area (Å²) >= 11 is 0. The van der Waals surface area contributed by atoms with Crippen molar-refractivity contribution in [2.24, 2.45) is 0 Å². The molecule has 0 saturated carbocycles. The lowest BCUT2D eigenvalue weighted by molar-refractivity contribution is -0.316. The van der Waals surface area contributed by atoms with Gasteiger partial charge in [-0.25, -0.2) is 0 Å². The third-order valence-corrected chi connectivity index (χ3v) is 6.55. The van der Waals surface area contributed by atoms with Gasteiger partial charge in [0.05, 0.1) is 26.2 Å². The standard InChI is InChI=1S/C32H36O8/c1-23(33)17-18-28(34)36-22-27-29(37-19-24-11-5-2-6-12-24)30(38-20-25-13-7-3-8-14-25)31(32(35)40-27)39-21-26-15-9-4-10-16-26/h2-16,27,29-32,35H,17-22H2,1H3/t27-,29-,30+,31-,32+/m1/s1. The number of carbonyl (C=O) groups is 2. The minimum Gasteiger partial charge on any atom is -0.463 e. The molecule has 0 spiro atoms. The van der Waals surface area contributed by atoms with Gasteiger partial charge in [0.15, 0.2) is 6.29 Å². The topological polar surface area (TPSA) is 101 Å². The second-order valence-corrected chi connectivity index (χ2v) is 9.73. The Morgan fingerprint density at radius 2 is 1.12 bits per heavy atom. The molecular formula is C32H36O8. The number of benzene rings is 3. The van der Waals surface area contributed by atoms with Gasteiger partial charge in [-0.1, -0.05) is 91.0 Å². The van der Waals surface area contributed by atoms with Gasteiger partial charge in [-0.2, -0.15) is 0 Å². The van der Waals surface area contributed by atoms with E-state index in [1.54, 1.807) is 0 Å². The van der Waals surface area contributed by atoms with Crippen molar-refractivity contribution in [2.45, 2.75) is 70.3 Å². The van der Waals surface area contributed by atoms with E-state index in [4.69, 9.17) is 23.7 Å². The molecule has 8 heteroatoms. The number of hydrogen-bond acceptors (Lipinski definition) is 8. The molecule has 0 aromatic heterocycles. The van der Waals surface area contributed by atoms with Crippen molar-refractivity contribution < 1.29 is 38.4 Å². The van der Waals surface area contributed by atoms with Crippen molar-refractivity contribution in [3.05, 3.63) is 108 Å². The molecule has 1 N–H and O–H groups in total. The molecule has 3 aromatic rings. The lowest BCUT2D eigenvalue weighted by atomic mass is 9.98. The Kier molecular flexibility index (Phi) is 11.4. The molecule has 8 nitrogen and oxygen atoms in total. The minimum absolute atomic E-state index is 0.0309. The number of hydrogen-bond donors (Lipinski definition) is 1. The third kappa shape index (κ3) is 9.08. The summed E-state index contributed by atoms with van der Waals surface area (Å²) in [6.07, 6.45) is -4.50. The van der Waals surface area contributed by atoms with Crippen LogP contribution in [-0.4, -0.2) is 54.2 Å². The van der Waals surface area contributed by atoms with E-state index in [9.17, 15) is 14.7 Å². The van der Waals surface area contributed by atoms with Crippen molar-refractivity contribution in [1.29, 1.82) is 0 Å². The summed E-state index contributed by atoms with van der Waals surface area (Å²) < 4.78 is 30.3. The highest BCUT2D eigenvalue weighted by Gasteiger charge is 2.48. The molecule has 0 amide bonds. The average molecular weight is 549 g/mol. The van der Waals surface area contributed by atoms with Crippen LogP contribution in [0.4, 0.5) is 0 Å². The molecule has 0 radical (unpaired) electrons. The summed E-state index contributed by atoms with van der Waals surface area (Å²) in [6, 6.07) is 28.9. The summed E-state index contributed by atoms with van der Waals surface area (Å²) in [5, 5.41) is 11.1. The second-order valence-electron chi connectivity index (χ2n) is 9.73. The summed E-state index contributed by atoms with van der Waals surface area (Å²) in [5.41, 5.74) is 2.81. The smallest absolute Gasteiger partial charge is 0.306 e. The maximum absolute atomic E-state index is 12.3. The van der Waals surface area contributed by atoms with Gasteiger partial charge < -0.3 is 33.6 Å². The molecule has 4 rings (SSSR count). The highest BCUT2D eigenvalue weighted by molar-refractivity contribution is 5.80. The number of rotatable bonds is 14. The molecule has 1 aliphatic rings. The van der Waals surface area contributed by atoms with Crippen LogP contribution in [0, 0.1) is 0 Å². The van der Waals surface area contributed by atoms with Gasteiger partial charge in [-0.15, -0.1) is 0 Å². The highest BCUT2D eigenvalue weighted by atomic mass is 16.7. The zero-order chi connectivity index (χ0) is 28.2. The van der Waals surface area contributed by atoms with Gasteiger partial charge in [0.25, 0.3) is 0 Å². The fourth-order valence-electron chi connectivity index (χ4n) is 4.42. The van der Waals surface area contributed by atoms with Crippen LogP contribution in [0.25, 0.3) is 0 Å². The number of ether oxygens (including phenoxy) is 5. The van der Waals surface area contributed by atoms with Crippen LogP contribution in [-0.2, 0) is 53.1 Å². The molecule has 0 unspecified atom stereocenters. The summed E-state index contributed by atoms with van der Waals surface area (Å²) in [4.78, 5) is 23.6. The maximum Gasteiger partial charge on any atom is 0.306 e. The zero-order valence-corrected chi connectivity index (χ0v) is 22.6. The SMILES string of the molecule is CC(=O)CCC(=O)OC[C@H]1O[C@H](O)[C@H](OCc2ccccc2)[C@@H](OCc2ccccc2)[C@@H]1OCc1ccccc1. The van der Waals surface area contributed by atoms with E-state index in [1.165, 1.54) is 6.92 Å². The molecule has 0 aliphatic carbocycles. The predicted octanol–water partition coefficient (Wildman–Crippen LogP) is 4.37. The van der Waals surface area contributed by atoms with E-state index in [2.05, 4.69) is 0 Å². The Morgan fingerprint density at radius 1 is 0.675 bits per heavy atom. The molecular weight excluding hydrogens is 512 g/mol. The van der Waals surface area contributed by atoms with Gasteiger partial charge in [0.2, 0.25) is 0 Å². The van der Waals surface area contributed by atoms with Crippen LogP contribution in [0.3, 0.4) is 0 Å². The van der Waals surface area contributed by atoms with Gasteiger partial charge in [0, 0.05) is 6.42 Å². The molecule has 1 heterocycles. The van der Waals surface area contributed by atoms with Crippen LogP contribution in [0.2, 0.25) is 0 Å². The summed E-state index contributed by atoms with van der Waals surface area (Å²) in [6.45, 7) is 1.97. The molecule has 1 saturated heterocycles. The molecule has 0 bridgehead atoms. The normalized spacial score (nSPS) is 22.5. The number of carbonyl (C=O) groups excluding carboxylic acids is 2. The van der Waals surface area contributed by atoms with E-state index in [-0.39, 0.29) is 45.1 Å². The van der Waals surface area contributed by atoms with Gasteiger partial charge in [0.1, 0.15) is 36.8 Å². The number of esters is 1. The third-order valence-electron chi connectivity index (χ3n) is 6.55. The van der Waals surface area contributed by atoms with Crippen LogP contribution >= 0.6 is 0 Å². The van der Waals surface area contributed by atoms with Crippen molar-refractivity contribution in [1.82, 2.24) is 0 Å². The van der Waals surface area contributed by atoms with Crippen molar-refractivity contribution in [2.75, 3.05) is 6.61 Å². The lowest BCUT2D eigenvalue weighted by Crippen LogP contribution is -2.61. The van der Waals surface area contributed by atoms with Gasteiger partial charge >= 0.3 is 5.97 Å². The molecule has 3 aromatic carbocycles. The first-order valence-corrected chi connectivity index (χ1v) is 13.4. The highest BCUT2D eigenvalue weighted by Crippen LogP contribution is 2.30. The molecule has 1 fully saturated rings. The van der Waals surface area contributed by atoms with E-state index in [0.29, 0.717) is 0 Å². The Morgan fingerprint density at radius 3 is 1.60 bits per heavy atom. The first-order valence-electron chi connectivity index (χ1n) is 13.4. The number of aliphatic hydroxyl groups excluding tert-OH is 1. The average Bonchev–Trinajstić information content (AvgIpc) is 2.98. The van der Waals surface area contributed by atoms with Crippen molar-refractivity contribution in [3.8, 4) is 0 Å². The van der Waals surface area contributed by atoms with Crippen LogP contribution in [0.5, 0.6) is 0 Å². The maximum atomic E-state index is 12.3. The van der Waals surface area contributed by atoms with Crippen LogP contribution in [0.15, 0.2) is 91.0 Å². The Hall–Kier alpha value is -3.40. The number of Topliss-reactive ketones (excluding diaryl/α,β-unsaturated/α-hetero) is 1. The molecule has 5 atom stereocenters. The first kappa shape index (κ1) is 29.6. The van der Waals surface area contributed by atoms with Gasteiger partial charge in [-0.3, -0.25) is 4.79 Å². The minimum atomic E-state index is -1.36. The van der Waals surface area contributed by atoms with Crippen LogP contribution < -0.4 is 0 Å². The van der Waals surface area contributed by atoms with Crippen molar-refractivity contribution >= 4 is 11.8 Å².